The molecule has 1 aliphatic heterocycles. The summed E-state index contributed by atoms with van der Waals surface area (Å²) in [4.78, 5) is 11.6. The molecule has 0 spiro atoms. The van der Waals surface area contributed by atoms with Gasteiger partial charge in [0, 0.05) is 0 Å². The Morgan fingerprint density at radius 1 is 1.37 bits per heavy atom. The number of aryl methyl sites for hydroxylation is 2. The Balaban J connectivity index is 0.00000180. The van der Waals surface area contributed by atoms with Crippen LogP contribution in [0.1, 0.15) is 35.4 Å². The number of benzene rings is 1. The third-order valence-corrected chi connectivity index (χ3v) is 3.75. The van der Waals surface area contributed by atoms with Crippen molar-refractivity contribution in [2.75, 3.05) is 13.7 Å². The predicted molar refractivity (Wildman–Crippen MR) is 78.9 cm³/mol. The molecule has 1 N–H and O–H groups in total. The SMILES string of the molecule is COC(=O)C1CC(c2ccc(C)cc2C)CCN1.Cl. The van der Waals surface area contributed by atoms with Crippen molar-refractivity contribution in [3.8, 4) is 0 Å². The smallest absolute Gasteiger partial charge is 0.322 e. The van der Waals surface area contributed by atoms with E-state index in [-0.39, 0.29) is 24.4 Å². The number of hydrogen-bond donors (Lipinski definition) is 1. The maximum atomic E-state index is 11.6. The number of esters is 1. The molecule has 1 aliphatic rings. The van der Waals surface area contributed by atoms with E-state index in [1.54, 1.807) is 0 Å². The Kier molecular flexibility index (Phi) is 5.83. The summed E-state index contributed by atoms with van der Waals surface area (Å²) in [5, 5.41) is 3.23. The van der Waals surface area contributed by atoms with Crippen LogP contribution in [0.2, 0.25) is 0 Å². The molecule has 1 aromatic carbocycles. The molecule has 4 heteroatoms. The molecular formula is C15H22ClNO2. The van der Waals surface area contributed by atoms with E-state index in [0.29, 0.717) is 5.92 Å². The number of rotatable bonds is 2. The van der Waals surface area contributed by atoms with Crippen molar-refractivity contribution in [3.63, 3.8) is 0 Å². The highest BCUT2D eigenvalue weighted by Gasteiger charge is 2.28. The average Bonchev–Trinajstić information content (AvgIpc) is 2.38. The maximum Gasteiger partial charge on any atom is 0.322 e. The van der Waals surface area contributed by atoms with Crippen LogP contribution < -0.4 is 5.32 Å². The molecule has 1 heterocycles. The summed E-state index contributed by atoms with van der Waals surface area (Å²) in [6.45, 7) is 5.13. The van der Waals surface area contributed by atoms with Gasteiger partial charge in [-0.3, -0.25) is 4.79 Å². The van der Waals surface area contributed by atoms with Gasteiger partial charge in [0.05, 0.1) is 7.11 Å². The molecule has 2 unspecified atom stereocenters. The summed E-state index contributed by atoms with van der Waals surface area (Å²) < 4.78 is 4.82. The minimum absolute atomic E-state index is 0. The number of carbonyl (C=O) groups is 1. The quantitative estimate of drug-likeness (QED) is 0.848. The Labute approximate surface area is 121 Å². The minimum Gasteiger partial charge on any atom is -0.468 e. The van der Waals surface area contributed by atoms with Gasteiger partial charge in [-0.25, -0.2) is 0 Å². The van der Waals surface area contributed by atoms with E-state index in [9.17, 15) is 4.79 Å². The van der Waals surface area contributed by atoms with Gasteiger partial charge in [0.2, 0.25) is 0 Å². The van der Waals surface area contributed by atoms with E-state index in [2.05, 4.69) is 37.4 Å². The summed E-state index contributed by atoms with van der Waals surface area (Å²) >= 11 is 0. The lowest BCUT2D eigenvalue weighted by atomic mass is 9.84. The molecule has 106 valence electrons. The van der Waals surface area contributed by atoms with Crippen LogP contribution in [0.15, 0.2) is 18.2 Å². The normalized spacial score (nSPS) is 22.5. The van der Waals surface area contributed by atoms with Crippen molar-refractivity contribution in [1.82, 2.24) is 5.32 Å². The number of ether oxygens (including phenoxy) is 1. The number of halogens is 1. The summed E-state index contributed by atoms with van der Waals surface area (Å²) in [5.41, 5.74) is 3.98. The van der Waals surface area contributed by atoms with Crippen molar-refractivity contribution in [2.24, 2.45) is 0 Å². The van der Waals surface area contributed by atoms with Gasteiger partial charge in [-0.2, -0.15) is 0 Å². The highest BCUT2D eigenvalue weighted by atomic mass is 35.5. The Morgan fingerprint density at radius 3 is 2.74 bits per heavy atom. The van der Waals surface area contributed by atoms with Crippen LogP contribution in [-0.2, 0) is 9.53 Å². The highest BCUT2D eigenvalue weighted by molar-refractivity contribution is 5.85. The lowest BCUT2D eigenvalue weighted by Crippen LogP contribution is -2.43. The van der Waals surface area contributed by atoms with Gasteiger partial charge in [-0.15, -0.1) is 12.4 Å². The molecule has 0 aliphatic carbocycles. The van der Waals surface area contributed by atoms with Gasteiger partial charge < -0.3 is 10.1 Å². The van der Waals surface area contributed by atoms with Gasteiger partial charge >= 0.3 is 5.97 Å². The fourth-order valence-corrected chi connectivity index (χ4v) is 2.81. The van der Waals surface area contributed by atoms with Gasteiger partial charge in [0.25, 0.3) is 0 Å². The third-order valence-electron chi connectivity index (χ3n) is 3.75. The maximum absolute atomic E-state index is 11.6. The molecule has 0 saturated carbocycles. The van der Waals surface area contributed by atoms with Crippen LogP contribution in [-0.4, -0.2) is 25.7 Å². The standard InChI is InChI=1S/C15H21NO2.ClH/c1-10-4-5-13(11(2)8-10)12-6-7-16-14(9-12)15(17)18-3;/h4-5,8,12,14,16H,6-7,9H2,1-3H3;1H. The summed E-state index contributed by atoms with van der Waals surface area (Å²) in [6.07, 6.45) is 1.91. The van der Waals surface area contributed by atoms with Crippen molar-refractivity contribution in [2.45, 2.75) is 38.6 Å². The monoisotopic (exact) mass is 283 g/mol. The second-order valence-corrected chi connectivity index (χ2v) is 5.11. The first kappa shape index (κ1) is 16.0. The van der Waals surface area contributed by atoms with E-state index in [4.69, 9.17) is 4.74 Å². The number of carbonyl (C=O) groups excluding carboxylic acids is 1. The van der Waals surface area contributed by atoms with Gasteiger partial charge in [-0.05, 0) is 50.3 Å². The van der Waals surface area contributed by atoms with E-state index in [1.807, 2.05) is 0 Å². The molecule has 1 aromatic rings. The zero-order valence-corrected chi connectivity index (χ0v) is 12.5. The Bertz CT molecular complexity index is 448. The van der Waals surface area contributed by atoms with Gasteiger partial charge in [-0.1, -0.05) is 23.8 Å². The fourth-order valence-electron chi connectivity index (χ4n) is 2.81. The van der Waals surface area contributed by atoms with Crippen molar-refractivity contribution in [1.29, 1.82) is 0 Å². The van der Waals surface area contributed by atoms with Crippen molar-refractivity contribution in [3.05, 3.63) is 34.9 Å². The second-order valence-electron chi connectivity index (χ2n) is 5.11. The molecule has 1 saturated heterocycles. The number of nitrogens with one attached hydrogen (secondary N) is 1. The predicted octanol–water partition coefficient (Wildman–Crippen LogP) is 2.73. The van der Waals surface area contributed by atoms with Crippen LogP contribution in [0.5, 0.6) is 0 Å². The van der Waals surface area contributed by atoms with E-state index in [1.165, 1.54) is 23.8 Å². The highest BCUT2D eigenvalue weighted by Crippen LogP contribution is 2.30. The molecule has 0 aromatic heterocycles. The molecule has 0 bridgehead atoms. The molecule has 1 fully saturated rings. The molecule has 0 amide bonds. The van der Waals surface area contributed by atoms with E-state index in [0.717, 1.165) is 19.4 Å². The Morgan fingerprint density at radius 2 is 2.11 bits per heavy atom. The molecule has 2 atom stereocenters. The average molecular weight is 284 g/mol. The third kappa shape index (κ3) is 3.71. The number of hydrogen-bond acceptors (Lipinski definition) is 3. The Hall–Kier alpha value is -1.06. The molecule has 19 heavy (non-hydrogen) atoms. The largest absolute Gasteiger partial charge is 0.468 e. The van der Waals surface area contributed by atoms with Crippen LogP contribution in [0.3, 0.4) is 0 Å². The second kappa shape index (κ2) is 6.92. The number of methoxy groups -OCH3 is 1. The first-order chi connectivity index (χ1) is 8.61. The zero-order valence-electron chi connectivity index (χ0n) is 11.7. The van der Waals surface area contributed by atoms with Gasteiger partial charge in [0.15, 0.2) is 0 Å². The summed E-state index contributed by atoms with van der Waals surface area (Å²) in [7, 11) is 1.45. The minimum atomic E-state index is -0.158. The lowest BCUT2D eigenvalue weighted by Gasteiger charge is -2.30. The van der Waals surface area contributed by atoms with Gasteiger partial charge in [0.1, 0.15) is 6.04 Å². The molecule has 2 rings (SSSR count). The zero-order chi connectivity index (χ0) is 13.1. The number of piperidine rings is 1. The molecule has 0 radical (unpaired) electrons. The van der Waals surface area contributed by atoms with Crippen LogP contribution in [0.25, 0.3) is 0 Å². The van der Waals surface area contributed by atoms with Crippen LogP contribution >= 0.6 is 12.4 Å². The van der Waals surface area contributed by atoms with Crippen LogP contribution in [0, 0.1) is 13.8 Å². The lowest BCUT2D eigenvalue weighted by molar-refractivity contribution is -0.143. The fraction of sp³-hybridized carbons (Fsp3) is 0.533. The molecular weight excluding hydrogens is 262 g/mol. The summed E-state index contributed by atoms with van der Waals surface area (Å²) in [5.74, 6) is 0.306. The molecule has 3 nitrogen and oxygen atoms in total. The topological polar surface area (TPSA) is 38.3 Å². The van der Waals surface area contributed by atoms with E-state index < -0.39 is 0 Å². The summed E-state index contributed by atoms with van der Waals surface area (Å²) in [6, 6.07) is 6.41. The van der Waals surface area contributed by atoms with Crippen LogP contribution in [0.4, 0.5) is 0 Å². The van der Waals surface area contributed by atoms with Crippen molar-refractivity contribution < 1.29 is 9.53 Å². The van der Waals surface area contributed by atoms with Crippen molar-refractivity contribution >= 4 is 18.4 Å². The first-order valence-corrected chi connectivity index (χ1v) is 6.50. The van der Waals surface area contributed by atoms with E-state index >= 15 is 0 Å². The first-order valence-electron chi connectivity index (χ1n) is 6.50.